The van der Waals surface area contributed by atoms with E-state index in [9.17, 15) is 14.4 Å². The average molecular weight is 318 g/mol. The van der Waals surface area contributed by atoms with Crippen LogP contribution in [0.5, 0.6) is 0 Å². The molecule has 1 saturated heterocycles. The number of hydrogen-bond acceptors (Lipinski definition) is 4. The third-order valence-corrected chi connectivity index (χ3v) is 4.03. The van der Waals surface area contributed by atoms with Crippen LogP contribution in [-0.4, -0.2) is 23.4 Å². The molecule has 0 spiro atoms. The molecule has 1 aliphatic rings. The molecular formula is C16H22N4O3. The van der Waals surface area contributed by atoms with Gasteiger partial charge in [0.2, 0.25) is 5.91 Å². The molecule has 1 fully saturated rings. The van der Waals surface area contributed by atoms with Gasteiger partial charge >= 0.3 is 6.03 Å². The van der Waals surface area contributed by atoms with E-state index in [0.717, 1.165) is 6.42 Å². The molecule has 0 bridgehead atoms. The summed E-state index contributed by atoms with van der Waals surface area (Å²) in [4.78, 5) is 35.6. The lowest BCUT2D eigenvalue weighted by atomic mass is 9.91. The Morgan fingerprint density at radius 1 is 1.39 bits per heavy atom. The van der Waals surface area contributed by atoms with Crippen LogP contribution in [0, 0.1) is 0 Å². The van der Waals surface area contributed by atoms with E-state index >= 15 is 0 Å². The zero-order valence-corrected chi connectivity index (χ0v) is 13.5. The molecule has 1 aromatic carbocycles. The molecule has 7 nitrogen and oxygen atoms in total. The maximum atomic E-state index is 12.3. The van der Waals surface area contributed by atoms with Crippen LogP contribution in [0.25, 0.3) is 0 Å². The average Bonchev–Trinajstić information content (AvgIpc) is 2.73. The summed E-state index contributed by atoms with van der Waals surface area (Å²) in [6.07, 6.45) is 1.36. The van der Waals surface area contributed by atoms with E-state index < -0.39 is 23.0 Å². The Morgan fingerprint density at radius 2 is 2.09 bits per heavy atom. The highest BCUT2D eigenvalue weighted by atomic mass is 16.2. The number of anilines is 1. The van der Waals surface area contributed by atoms with Crippen molar-refractivity contribution in [3.05, 3.63) is 29.8 Å². The number of benzene rings is 1. The smallest absolute Gasteiger partial charge is 0.322 e. The molecule has 1 heterocycles. The van der Waals surface area contributed by atoms with E-state index in [1.165, 1.54) is 0 Å². The predicted octanol–water partition coefficient (Wildman–Crippen LogP) is 1.20. The fraction of sp³-hybridized carbons (Fsp3) is 0.438. The van der Waals surface area contributed by atoms with Gasteiger partial charge in [0.05, 0.1) is 5.54 Å². The Kier molecular flexibility index (Phi) is 4.42. The van der Waals surface area contributed by atoms with E-state index in [4.69, 9.17) is 5.73 Å². The maximum Gasteiger partial charge on any atom is 0.322 e. The Balaban J connectivity index is 2.23. The first kappa shape index (κ1) is 17.0. The minimum absolute atomic E-state index is 0.290. The molecule has 124 valence electrons. The van der Waals surface area contributed by atoms with Crippen LogP contribution in [0.15, 0.2) is 24.3 Å². The lowest BCUT2D eigenvalue weighted by Gasteiger charge is -2.24. The molecule has 1 aliphatic heterocycles. The third-order valence-electron chi connectivity index (χ3n) is 4.03. The summed E-state index contributed by atoms with van der Waals surface area (Å²) in [6.45, 7) is 5.25. The van der Waals surface area contributed by atoms with Crippen LogP contribution in [0.1, 0.15) is 39.2 Å². The molecule has 0 saturated carbocycles. The van der Waals surface area contributed by atoms with Crippen molar-refractivity contribution in [1.82, 2.24) is 10.6 Å². The second-order valence-corrected chi connectivity index (χ2v) is 6.24. The van der Waals surface area contributed by atoms with Crippen LogP contribution in [0.3, 0.4) is 0 Å². The third kappa shape index (κ3) is 3.34. The molecule has 1 aromatic rings. The monoisotopic (exact) mass is 318 g/mol. The van der Waals surface area contributed by atoms with Gasteiger partial charge in [-0.3, -0.25) is 14.9 Å². The number of carbonyl (C=O) groups excluding carboxylic acids is 3. The van der Waals surface area contributed by atoms with Crippen molar-refractivity contribution in [3.63, 3.8) is 0 Å². The number of carbonyl (C=O) groups is 3. The second kappa shape index (κ2) is 6.00. The van der Waals surface area contributed by atoms with Gasteiger partial charge in [-0.1, -0.05) is 25.5 Å². The van der Waals surface area contributed by atoms with Crippen molar-refractivity contribution in [3.8, 4) is 0 Å². The first-order chi connectivity index (χ1) is 10.7. The van der Waals surface area contributed by atoms with Gasteiger partial charge < -0.3 is 16.4 Å². The molecule has 4 amide bonds. The lowest BCUT2D eigenvalue weighted by Crippen LogP contribution is -2.48. The Morgan fingerprint density at radius 3 is 2.65 bits per heavy atom. The summed E-state index contributed by atoms with van der Waals surface area (Å²) in [5, 5.41) is 7.57. The Labute approximate surface area is 135 Å². The van der Waals surface area contributed by atoms with Crippen LogP contribution in [-0.2, 0) is 15.1 Å². The van der Waals surface area contributed by atoms with Gasteiger partial charge in [-0.15, -0.1) is 0 Å². The van der Waals surface area contributed by atoms with Gasteiger partial charge in [0, 0.05) is 5.69 Å². The van der Waals surface area contributed by atoms with Crippen LogP contribution in [0.4, 0.5) is 10.5 Å². The van der Waals surface area contributed by atoms with Gasteiger partial charge in [-0.25, -0.2) is 4.79 Å². The molecule has 7 heteroatoms. The Bertz CT molecular complexity index is 656. The normalized spacial score (nSPS) is 23.0. The summed E-state index contributed by atoms with van der Waals surface area (Å²) in [5.41, 5.74) is 4.99. The van der Waals surface area contributed by atoms with Crippen LogP contribution in [0.2, 0.25) is 0 Å². The van der Waals surface area contributed by atoms with Crippen LogP contribution >= 0.6 is 0 Å². The SMILES string of the molecule is CCCC(C)(N)C(=O)Nc1cccc(C2(C)NC(=O)NC2=O)c1. The quantitative estimate of drug-likeness (QED) is 0.611. The number of nitrogens with one attached hydrogen (secondary N) is 3. The summed E-state index contributed by atoms with van der Waals surface area (Å²) in [6, 6.07) is 6.26. The van der Waals surface area contributed by atoms with Gasteiger partial charge in [0.25, 0.3) is 5.91 Å². The van der Waals surface area contributed by atoms with Crippen LogP contribution < -0.4 is 21.7 Å². The van der Waals surface area contributed by atoms with Crippen molar-refractivity contribution >= 4 is 23.5 Å². The highest BCUT2D eigenvalue weighted by Crippen LogP contribution is 2.26. The number of urea groups is 1. The number of hydrogen-bond donors (Lipinski definition) is 4. The highest BCUT2D eigenvalue weighted by Gasteiger charge is 2.43. The minimum atomic E-state index is -1.16. The van der Waals surface area contributed by atoms with Gasteiger partial charge in [-0.05, 0) is 38.0 Å². The van der Waals surface area contributed by atoms with Crippen molar-refractivity contribution in [1.29, 1.82) is 0 Å². The molecular weight excluding hydrogens is 296 g/mol. The largest absolute Gasteiger partial charge is 0.324 e. The van der Waals surface area contributed by atoms with Crippen molar-refractivity contribution in [2.45, 2.75) is 44.7 Å². The molecule has 23 heavy (non-hydrogen) atoms. The van der Waals surface area contributed by atoms with Gasteiger partial charge in [0.15, 0.2) is 0 Å². The molecule has 2 unspecified atom stereocenters. The van der Waals surface area contributed by atoms with E-state index in [-0.39, 0.29) is 5.91 Å². The summed E-state index contributed by atoms with van der Waals surface area (Å²) in [7, 11) is 0. The molecule has 0 aliphatic carbocycles. The van der Waals surface area contributed by atoms with E-state index in [0.29, 0.717) is 17.7 Å². The fourth-order valence-corrected chi connectivity index (χ4v) is 2.56. The lowest BCUT2D eigenvalue weighted by molar-refractivity contribution is -0.123. The number of rotatable bonds is 5. The van der Waals surface area contributed by atoms with E-state index in [1.54, 1.807) is 38.1 Å². The first-order valence-electron chi connectivity index (χ1n) is 7.53. The summed E-state index contributed by atoms with van der Waals surface area (Å²) >= 11 is 0. The molecule has 2 atom stereocenters. The zero-order valence-electron chi connectivity index (χ0n) is 13.5. The Hall–Kier alpha value is -2.41. The zero-order chi connectivity index (χ0) is 17.3. The van der Waals surface area contributed by atoms with E-state index in [1.807, 2.05) is 6.92 Å². The standard InChI is InChI=1S/C16H22N4O3/c1-4-8-15(2,17)12(21)18-11-7-5-6-10(9-11)16(3)13(22)19-14(23)20-16/h5-7,9H,4,8,17H2,1-3H3,(H,18,21)(H2,19,20,22,23). The van der Waals surface area contributed by atoms with E-state index in [2.05, 4.69) is 16.0 Å². The second-order valence-electron chi connectivity index (χ2n) is 6.24. The number of nitrogens with two attached hydrogens (primary N) is 1. The number of amides is 4. The van der Waals surface area contributed by atoms with Crippen molar-refractivity contribution < 1.29 is 14.4 Å². The predicted molar refractivity (Wildman–Crippen MR) is 86.6 cm³/mol. The summed E-state index contributed by atoms with van der Waals surface area (Å²) < 4.78 is 0. The molecule has 5 N–H and O–H groups in total. The van der Waals surface area contributed by atoms with Gasteiger partial charge in [-0.2, -0.15) is 0 Å². The molecule has 2 rings (SSSR count). The highest BCUT2D eigenvalue weighted by molar-refractivity contribution is 6.07. The van der Waals surface area contributed by atoms with Crippen molar-refractivity contribution in [2.24, 2.45) is 5.73 Å². The molecule has 0 radical (unpaired) electrons. The van der Waals surface area contributed by atoms with Crippen molar-refractivity contribution in [2.75, 3.05) is 5.32 Å². The first-order valence-corrected chi connectivity index (χ1v) is 7.53. The molecule has 0 aromatic heterocycles. The topological polar surface area (TPSA) is 113 Å². The minimum Gasteiger partial charge on any atom is -0.324 e. The summed E-state index contributed by atoms with van der Waals surface area (Å²) in [5.74, 6) is -0.720. The van der Waals surface area contributed by atoms with Gasteiger partial charge in [0.1, 0.15) is 5.54 Å². The number of imide groups is 1. The fourth-order valence-electron chi connectivity index (χ4n) is 2.56. The maximum absolute atomic E-state index is 12.3.